The van der Waals surface area contributed by atoms with Gasteiger partial charge in [-0.3, -0.25) is 19.9 Å². The lowest BCUT2D eigenvalue weighted by atomic mass is 10.2. The van der Waals surface area contributed by atoms with Gasteiger partial charge >= 0.3 is 0 Å². The van der Waals surface area contributed by atoms with Gasteiger partial charge in [-0.25, -0.2) is 4.98 Å². The number of carbonyl (C=O) groups excluding carboxylic acids is 1. The van der Waals surface area contributed by atoms with Gasteiger partial charge in [0, 0.05) is 39.6 Å². The van der Waals surface area contributed by atoms with Crippen LogP contribution in [-0.4, -0.2) is 37.1 Å². The molecule has 0 spiro atoms. The van der Waals surface area contributed by atoms with Crippen molar-refractivity contribution in [3.05, 3.63) is 79.2 Å². The molecule has 1 amide bonds. The van der Waals surface area contributed by atoms with E-state index in [1.54, 1.807) is 54.3 Å². The Balaban J connectivity index is 1.43. The van der Waals surface area contributed by atoms with Gasteiger partial charge in [0.2, 0.25) is 4.96 Å². The van der Waals surface area contributed by atoms with Crippen LogP contribution in [-0.2, 0) is 4.79 Å². The third kappa shape index (κ3) is 4.67. The molecule has 4 heterocycles. The first-order valence-corrected chi connectivity index (χ1v) is 12.0. The molecule has 0 aliphatic heterocycles. The highest BCUT2D eigenvalue weighted by Crippen LogP contribution is 2.24. The van der Waals surface area contributed by atoms with Crippen LogP contribution in [0.5, 0.6) is 5.75 Å². The SMILES string of the molecule is O=C(COc1ccc(Br)cc1/C=c1\sc2nc(-c3ccncc3)nn2c1=O)Nc1nccs1. The minimum atomic E-state index is -0.328. The zero-order valence-electron chi connectivity index (χ0n) is 16.6. The quantitative estimate of drug-likeness (QED) is 0.352. The van der Waals surface area contributed by atoms with Crippen LogP contribution in [0.4, 0.5) is 5.13 Å². The van der Waals surface area contributed by atoms with Crippen LogP contribution in [0.15, 0.2) is 63.6 Å². The van der Waals surface area contributed by atoms with Gasteiger partial charge in [0.05, 0.1) is 4.53 Å². The highest BCUT2D eigenvalue weighted by atomic mass is 79.9. The normalized spacial score (nSPS) is 11.7. The van der Waals surface area contributed by atoms with E-state index in [0.717, 1.165) is 10.0 Å². The van der Waals surface area contributed by atoms with Crippen LogP contribution < -0.4 is 20.1 Å². The van der Waals surface area contributed by atoms with Crippen LogP contribution in [0.1, 0.15) is 5.56 Å². The Morgan fingerprint density at radius 3 is 2.82 bits per heavy atom. The summed E-state index contributed by atoms with van der Waals surface area (Å²) in [7, 11) is 0. The average molecular weight is 541 g/mol. The number of thiazole rings is 2. The molecule has 0 saturated carbocycles. The van der Waals surface area contributed by atoms with E-state index in [4.69, 9.17) is 4.74 Å². The number of amides is 1. The fraction of sp³-hybridized carbons (Fsp3) is 0.0476. The highest BCUT2D eigenvalue weighted by molar-refractivity contribution is 9.10. The van der Waals surface area contributed by atoms with Crippen molar-refractivity contribution in [2.24, 2.45) is 0 Å². The van der Waals surface area contributed by atoms with Gasteiger partial charge < -0.3 is 4.74 Å². The number of aromatic nitrogens is 5. The average Bonchev–Trinajstić information content (AvgIpc) is 3.53. The standard InChI is InChI=1S/C21H13BrN6O3S2/c22-14-1-2-15(31-11-17(29)25-20-24-7-8-32-20)13(9-14)10-16-19(30)28-21(33-16)26-18(27-28)12-3-5-23-6-4-12/h1-10H,11H2,(H,24,25,29)/b16-10-. The maximum absolute atomic E-state index is 12.9. The molecule has 0 aliphatic rings. The number of pyridine rings is 1. The fourth-order valence-electron chi connectivity index (χ4n) is 2.95. The van der Waals surface area contributed by atoms with Gasteiger partial charge in [-0.05, 0) is 36.4 Å². The molecule has 164 valence electrons. The molecule has 4 aromatic heterocycles. The van der Waals surface area contributed by atoms with Crippen LogP contribution in [0.2, 0.25) is 0 Å². The predicted molar refractivity (Wildman–Crippen MR) is 130 cm³/mol. The minimum absolute atomic E-state index is 0.198. The van der Waals surface area contributed by atoms with E-state index in [-0.39, 0.29) is 18.1 Å². The van der Waals surface area contributed by atoms with Gasteiger partial charge in [0.1, 0.15) is 5.75 Å². The van der Waals surface area contributed by atoms with Crippen molar-refractivity contribution in [3.8, 4) is 17.1 Å². The van der Waals surface area contributed by atoms with Crippen molar-refractivity contribution in [2.45, 2.75) is 0 Å². The summed E-state index contributed by atoms with van der Waals surface area (Å²) in [6.07, 6.45) is 6.60. The second kappa shape index (κ2) is 9.17. The van der Waals surface area contributed by atoms with Crippen molar-refractivity contribution >= 4 is 60.7 Å². The number of hydrogen-bond donors (Lipinski definition) is 1. The van der Waals surface area contributed by atoms with E-state index in [0.29, 0.717) is 31.8 Å². The molecule has 12 heteroatoms. The summed E-state index contributed by atoms with van der Waals surface area (Å²) >= 11 is 5.99. The molecule has 0 aliphatic carbocycles. The van der Waals surface area contributed by atoms with E-state index in [2.05, 4.69) is 41.3 Å². The van der Waals surface area contributed by atoms with Crippen LogP contribution in [0, 0.1) is 0 Å². The van der Waals surface area contributed by atoms with Crippen LogP contribution >= 0.6 is 38.6 Å². The summed E-state index contributed by atoms with van der Waals surface area (Å²) in [5, 5.41) is 9.28. The molecule has 33 heavy (non-hydrogen) atoms. The van der Waals surface area contributed by atoms with Gasteiger partial charge in [0.15, 0.2) is 17.6 Å². The van der Waals surface area contributed by atoms with E-state index >= 15 is 0 Å². The zero-order valence-corrected chi connectivity index (χ0v) is 19.9. The summed E-state index contributed by atoms with van der Waals surface area (Å²) in [4.78, 5) is 38.0. The first-order chi connectivity index (χ1) is 16.1. The van der Waals surface area contributed by atoms with E-state index in [1.165, 1.54) is 27.2 Å². The number of fused-ring (bicyclic) bond motifs is 1. The molecule has 0 fully saturated rings. The number of anilines is 1. The monoisotopic (exact) mass is 540 g/mol. The molecule has 0 bridgehead atoms. The number of nitrogens with one attached hydrogen (secondary N) is 1. The number of rotatable bonds is 6. The molecule has 0 radical (unpaired) electrons. The number of benzene rings is 1. The largest absolute Gasteiger partial charge is 0.483 e. The topological polar surface area (TPSA) is 111 Å². The molecule has 5 rings (SSSR count). The summed E-state index contributed by atoms with van der Waals surface area (Å²) in [5.41, 5.74) is 1.14. The maximum atomic E-state index is 12.9. The number of nitrogens with zero attached hydrogens (tertiary/aromatic N) is 5. The molecular weight excluding hydrogens is 528 g/mol. The summed E-state index contributed by atoms with van der Waals surface area (Å²) in [6.45, 7) is -0.198. The van der Waals surface area contributed by atoms with Crippen molar-refractivity contribution in [3.63, 3.8) is 0 Å². The second-order valence-electron chi connectivity index (χ2n) is 6.64. The second-order valence-corrected chi connectivity index (χ2v) is 9.46. The van der Waals surface area contributed by atoms with E-state index < -0.39 is 0 Å². The Morgan fingerprint density at radius 1 is 1.21 bits per heavy atom. The summed E-state index contributed by atoms with van der Waals surface area (Å²) < 4.78 is 8.25. The van der Waals surface area contributed by atoms with Gasteiger partial charge in [-0.15, -0.1) is 16.4 Å². The molecule has 9 nitrogen and oxygen atoms in total. The Kier molecular flexibility index (Phi) is 5.94. The van der Waals surface area contributed by atoms with Crippen molar-refractivity contribution in [1.82, 2.24) is 24.6 Å². The van der Waals surface area contributed by atoms with Crippen molar-refractivity contribution < 1.29 is 9.53 Å². The number of hydrogen-bond acceptors (Lipinski definition) is 9. The number of halogens is 1. The molecule has 5 aromatic rings. The first kappa shape index (κ1) is 21.4. The van der Waals surface area contributed by atoms with Gasteiger partial charge in [0.25, 0.3) is 11.5 Å². The van der Waals surface area contributed by atoms with Crippen molar-refractivity contribution in [2.75, 3.05) is 11.9 Å². The third-order valence-corrected chi connectivity index (χ3v) is 6.56. The Labute approximate surface area is 202 Å². The Hall–Kier alpha value is -3.48. The lowest BCUT2D eigenvalue weighted by molar-refractivity contribution is -0.118. The zero-order chi connectivity index (χ0) is 22.8. The number of ether oxygens (including phenoxy) is 1. The first-order valence-electron chi connectivity index (χ1n) is 9.50. The van der Waals surface area contributed by atoms with E-state index in [1.807, 2.05) is 6.07 Å². The third-order valence-electron chi connectivity index (χ3n) is 4.42. The number of carbonyl (C=O) groups is 1. The maximum Gasteiger partial charge on any atom is 0.291 e. The molecule has 1 aromatic carbocycles. The predicted octanol–water partition coefficient (Wildman–Crippen LogP) is 3.00. The molecule has 0 saturated heterocycles. The van der Waals surface area contributed by atoms with Crippen LogP contribution in [0.3, 0.4) is 0 Å². The lowest BCUT2D eigenvalue weighted by Gasteiger charge is -2.09. The fourth-order valence-corrected chi connectivity index (χ4v) is 4.77. The molecule has 0 atom stereocenters. The minimum Gasteiger partial charge on any atom is -0.483 e. The van der Waals surface area contributed by atoms with Crippen LogP contribution in [0.25, 0.3) is 22.4 Å². The van der Waals surface area contributed by atoms with Gasteiger partial charge in [-0.2, -0.15) is 9.50 Å². The summed E-state index contributed by atoms with van der Waals surface area (Å²) in [6, 6.07) is 8.91. The Morgan fingerprint density at radius 2 is 2.06 bits per heavy atom. The lowest BCUT2D eigenvalue weighted by Crippen LogP contribution is -2.24. The van der Waals surface area contributed by atoms with E-state index in [9.17, 15) is 9.59 Å². The summed E-state index contributed by atoms with van der Waals surface area (Å²) in [5.74, 6) is 0.596. The smallest absolute Gasteiger partial charge is 0.291 e. The van der Waals surface area contributed by atoms with Crippen molar-refractivity contribution in [1.29, 1.82) is 0 Å². The molecular formula is C21H13BrN6O3S2. The molecule has 1 N–H and O–H groups in total. The van der Waals surface area contributed by atoms with Gasteiger partial charge in [-0.1, -0.05) is 27.3 Å². The molecule has 0 unspecified atom stereocenters. The highest BCUT2D eigenvalue weighted by Gasteiger charge is 2.13. The Bertz CT molecular complexity index is 1550.